The second kappa shape index (κ2) is 7.97. The fraction of sp³-hybridized carbons (Fsp3) is 0.778. The number of hydrogen-bond acceptors (Lipinski definition) is 2. The van der Waals surface area contributed by atoms with Gasteiger partial charge in [-0.15, -0.1) is 12.3 Å². The van der Waals surface area contributed by atoms with Gasteiger partial charge in [0.2, 0.25) is 0 Å². The van der Waals surface area contributed by atoms with Crippen molar-refractivity contribution in [1.29, 1.82) is 0 Å². The third kappa shape index (κ3) is 6.28. The van der Waals surface area contributed by atoms with Crippen molar-refractivity contribution in [3.63, 3.8) is 0 Å². The molecule has 0 heterocycles. The summed E-state index contributed by atoms with van der Waals surface area (Å²) in [5.41, 5.74) is 0. The molecule has 0 aromatic heterocycles. The van der Waals surface area contributed by atoms with Crippen molar-refractivity contribution in [1.82, 2.24) is 5.32 Å². The van der Waals surface area contributed by atoms with Gasteiger partial charge in [0.25, 0.3) is 0 Å². The molecule has 0 saturated carbocycles. The smallest absolute Gasteiger partial charge is 0.0241 e. The van der Waals surface area contributed by atoms with Crippen LogP contribution in [-0.2, 0) is 0 Å². The molecule has 0 spiro atoms. The van der Waals surface area contributed by atoms with Crippen molar-refractivity contribution in [3.8, 4) is 12.3 Å². The Hall–Kier alpha value is -0.130. The minimum atomic E-state index is 0.525. The predicted octanol–water partition coefficient (Wildman–Crippen LogP) is 1.74. The summed E-state index contributed by atoms with van der Waals surface area (Å²) < 4.78 is 0. The first-order chi connectivity index (χ1) is 5.35. The van der Waals surface area contributed by atoms with E-state index in [2.05, 4.69) is 24.4 Å². The van der Waals surface area contributed by atoms with Crippen molar-refractivity contribution in [2.75, 3.05) is 18.6 Å². The van der Waals surface area contributed by atoms with Gasteiger partial charge >= 0.3 is 0 Å². The topological polar surface area (TPSA) is 12.0 Å². The van der Waals surface area contributed by atoms with E-state index in [0.717, 1.165) is 13.0 Å². The molecule has 64 valence electrons. The zero-order chi connectivity index (χ0) is 8.53. The molecule has 1 nitrogen and oxygen atoms in total. The Labute approximate surface area is 74.3 Å². The lowest BCUT2D eigenvalue weighted by Crippen LogP contribution is -2.28. The fourth-order valence-electron chi connectivity index (χ4n) is 0.967. The molecule has 0 rings (SSSR count). The van der Waals surface area contributed by atoms with Gasteiger partial charge in [0.15, 0.2) is 0 Å². The van der Waals surface area contributed by atoms with E-state index in [1.165, 1.54) is 12.2 Å². The van der Waals surface area contributed by atoms with Crippen molar-refractivity contribution >= 4 is 11.8 Å². The SMILES string of the molecule is C#CCC(CCSC)NCC. The molecule has 0 saturated heterocycles. The summed E-state index contributed by atoms with van der Waals surface area (Å²) in [4.78, 5) is 0. The van der Waals surface area contributed by atoms with Gasteiger partial charge in [0, 0.05) is 12.5 Å². The van der Waals surface area contributed by atoms with Crippen LogP contribution in [0.4, 0.5) is 0 Å². The second-order valence-corrected chi connectivity index (χ2v) is 3.43. The molecule has 0 aliphatic carbocycles. The molecule has 0 amide bonds. The minimum absolute atomic E-state index is 0.525. The molecule has 2 heteroatoms. The maximum Gasteiger partial charge on any atom is 0.0241 e. The first-order valence-electron chi connectivity index (χ1n) is 4.00. The molecular weight excluding hydrogens is 154 g/mol. The van der Waals surface area contributed by atoms with Crippen LogP contribution in [-0.4, -0.2) is 24.6 Å². The number of thioether (sulfide) groups is 1. The fourth-order valence-corrected chi connectivity index (χ4v) is 1.49. The molecule has 0 bridgehead atoms. The molecular formula is C9H17NS. The van der Waals surface area contributed by atoms with Gasteiger partial charge in [-0.25, -0.2) is 0 Å². The maximum atomic E-state index is 5.23. The molecule has 0 aromatic rings. The van der Waals surface area contributed by atoms with Gasteiger partial charge in [-0.05, 0) is 25.0 Å². The average molecular weight is 171 g/mol. The summed E-state index contributed by atoms with van der Waals surface area (Å²) in [6.45, 7) is 3.13. The van der Waals surface area contributed by atoms with E-state index in [9.17, 15) is 0 Å². The lowest BCUT2D eigenvalue weighted by Gasteiger charge is -2.13. The Morgan fingerprint density at radius 1 is 1.64 bits per heavy atom. The third-order valence-corrected chi connectivity index (χ3v) is 2.17. The molecule has 0 fully saturated rings. The van der Waals surface area contributed by atoms with Crippen molar-refractivity contribution in [2.45, 2.75) is 25.8 Å². The summed E-state index contributed by atoms with van der Waals surface area (Å²) >= 11 is 1.87. The number of rotatable bonds is 6. The van der Waals surface area contributed by atoms with E-state index in [0.29, 0.717) is 6.04 Å². The van der Waals surface area contributed by atoms with Gasteiger partial charge in [0.1, 0.15) is 0 Å². The molecule has 0 aliphatic heterocycles. The minimum Gasteiger partial charge on any atom is -0.313 e. The van der Waals surface area contributed by atoms with Crippen LogP contribution in [0.2, 0.25) is 0 Å². The Balaban J connectivity index is 3.44. The molecule has 1 N–H and O–H groups in total. The van der Waals surface area contributed by atoms with Crippen LogP contribution < -0.4 is 5.32 Å². The second-order valence-electron chi connectivity index (χ2n) is 2.44. The van der Waals surface area contributed by atoms with E-state index in [1.54, 1.807) is 0 Å². The van der Waals surface area contributed by atoms with E-state index in [-0.39, 0.29) is 0 Å². The third-order valence-electron chi connectivity index (χ3n) is 1.53. The Morgan fingerprint density at radius 2 is 2.36 bits per heavy atom. The Morgan fingerprint density at radius 3 is 2.82 bits per heavy atom. The molecule has 0 aliphatic rings. The van der Waals surface area contributed by atoms with Gasteiger partial charge in [-0.1, -0.05) is 6.92 Å². The lowest BCUT2D eigenvalue weighted by molar-refractivity contribution is 0.527. The lowest BCUT2D eigenvalue weighted by atomic mass is 10.1. The first kappa shape index (κ1) is 10.9. The van der Waals surface area contributed by atoms with Crippen LogP contribution in [0.5, 0.6) is 0 Å². The van der Waals surface area contributed by atoms with Gasteiger partial charge in [0.05, 0.1) is 0 Å². The summed E-state index contributed by atoms with van der Waals surface area (Å²) in [5.74, 6) is 3.88. The molecule has 1 atom stereocenters. The molecule has 1 unspecified atom stereocenters. The number of terminal acetylenes is 1. The van der Waals surface area contributed by atoms with E-state index >= 15 is 0 Å². The van der Waals surface area contributed by atoms with Crippen molar-refractivity contribution in [3.05, 3.63) is 0 Å². The predicted molar refractivity (Wildman–Crippen MR) is 53.9 cm³/mol. The van der Waals surface area contributed by atoms with Crippen LogP contribution in [0.15, 0.2) is 0 Å². The van der Waals surface area contributed by atoms with E-state index in [4.69, 9.17) is 6.42 Å². The molecule has 0 aromatic carbocycles. The molecule has 11 heavy (non-hydrogen) atoms. The zero-order valence-corrected chi connectivity index (χ0v) is 8.21. The van der Waals surface area contributed by atoms with Crippen LogP contribution >= 0.6 is 11.8 Å². The Kier molecular flexibility index (Phi) is 7.88. The monoisotopic (exact) mass is 171 g/mol. The first-order valence-corrected chi connectivity index (χ1v) is 5.40. The van der Waals surface area contributed by atoms with Crippen molar-refractivity contribution < 1.29 is 0 Å². The maximum absolute atomic E-state index is 5.23. The van der Waals surface area contributed by atoms with E-state index in [1.807, 2.05) is 11.8 Å². The van der Waals surface area contributed by atoms with Crippen molar-refractivity contribution in [2.24, 2.45) is 0 Å². The highest BCUT2D eigenvalue weighted by atomic mass is 32.2. The van der Waals surface area contributed by atoms with Crippen LogP contribution in [0.25, 0.3) is 0 Å². The zero-order valence-electron chi connectivity index (χ0n) is 7.39. The summed E-state index contributed by atoms with van der Waals surface area (Å²) in [6.07, 6.45) is 9.39. The highest BCUT2D eigenvalue weighted by Crippen LogP contribution is 2.02. The normalized spacial score (nSPS) is 12.5. The van der Waals surface area contributed by atoms with Gasteiger partial charge in [-0.2, -0.15) is 11.8 Å². The highest BCUT2D eigenvalue weighted by molar-refractivity contribution is 7.98. The summed E-state index contributed by atoms with van der Waals surface area (Å²) in [5, 5.41) is 3.36. The van der Waals surface area contributed by atoms with Crippen LogP contribution in [0, 0.1) is 12.3 Å². The summed E-state index contributed by atoms with van der Waals surface area (Å²) in [6, 6.07) is 0.525. The number of hydrogen-bond donors (Lipinski definition) is 1. The average Bonchev–Trinajstić information content (AvgIpc) is 2.01. The largest absolute Gasteiger partial charge is 0.313 e. The van der Waals surface area contributed by atoms with Crippen LogP contribution in [0.1, 0.15) is 19.8 Å². The van der Waals surface area contributed by atoms with E-state index < -0.39 is 0 Å². The van der Waals surface area contributed by atoms with Crippen LogP contribution in [0.3, 0.4) is 0 Å². The standard InChI is InChI=1S/C9H17NS/c1-4-6-9(10-5-2)7-8-11-3/h1,9-10H,5-8H2,2-3H3. The number of nitrogens with one attached hydrogen (secondary N) is 1. The highest BCUT2D eigenvalue weighted by Gasteiger charge is 2.03. The molecule has 0 radical (unpaired) electrons. The Bertz CT molecular complexity index is 117. The van der Waals surface area contributed by atoms with Gasteiger partial charge < -0.3 is 5.32 Å². The quantitative estimate of drug-likeness (QED) is 0.611. The summed E-state index contributed by atoms with van der Waals surface area (Å²) in [7, 11) is 0. The van der Waals surface area contributed by atoms with Gasteiger partial charge in [-0.3, -0.25) is 0 Å².